The summed E-state index contributed by atoms with van der Waals surface area (Å²) in [7, 11) is 0. The summed E-state index contributed by atoms with van der Waals surface area (Å²) in [5, 5.41) is 20.0. The number of nitriles is 1. The van der Waals surface area contributed by atoms with Crippen molar-refractivity contribution >= 4 is 11.9 Å². The molecule has 0 saturated heterocycles. The van der Waals surface area contributed by atoms with E-state index in [-0.39, 0.29) is 17.5 Å². The number of ether oxygens (including phenoxy) is 1. The number of benzene rings is 1. The van der Waals surface area contributed by atoms with Crippen LogP contribution in [0.1, 0.15) is 49.9 Å². The molecule has 1 aromatic heterocycles. The van der Waals surface area contributed by atoms with Crippen LogP contribution in [-0.2, 0) is 0 Å². The molecule has 0 aliphatic heterocycles. The number of rotatable bonds is 6. The smallest absolute Gasteiger partial charge is 0.271 e. The van der Waals surface area contributed by atoms with Gasteiger partial charge in [0.15, 0.2) is 0 Å². The molecule has 1 N–H and O–H groups in total. The number of hydrogen-bond acceptors (Lipinski definition) is 5. The van der Waals surface area contributed by atoms with E-state index in [9.17, 15) is 15.2 Å². The van der Waals surface area contributed by atoms with Gasteiger partial charge in [-0.3, -0.25) is 14.4 Å². The first-order chi connectivity index (χ1) is 12.5. The zero-order valence-electron chi connectivity index (χ0n) is 15.5. The lowest BCUT2D eigenvalue weighted by Gasteiger charge is -2.18. The fourth-order valence-corrected chi connectivity index (χ4v) is 2.66. The summed E-state index contributed by atoms with van der Waals surface area (Å²) in [6.45, 7) is 7.76. The molecule has 0 radical (unpaired) electrons. The first-order valence-corrected chi connectivity index (χ1v) is 8.60. The van der Waals surface area contributed by atoms with Crippen molar-refractivity contribution in [3.05, 3.63) is 51.3 Å². The third kappa shape index (κ3) is 3.62. The Morgan fingerprint density at radius 2 is 2.08 bits per heavy atom. The molecular formula is C20H23N3O3. The van der Waals surface area contributed by atoms with Crippen LogP contribution in [0.4, 0.5) is 5.69 Å². The van der Waals surface area contributed by atoms with Crippen LogP contribution in [0, 0.1) is 18.3 Å². The van der Waals surface area contributed by atoms with Crippen LogP contribution < -0.4 is 10.3 Å². The van der Waals surface area contributed by atoms with E-state index in [1.54, 1.807) is 13.0 Å². The molecular weight excluding hydrogens is 330 g/mol. The molecule has 136 valence electrons. The number of aliphatic imine (C=N–C) groups is 1. The minimum Gasteiger partial charge on any atom is -0.494 e. The number of aromatic nitrogens is 1. The van der Waals surface area contributed by atoms with Gasteiger partial charge < -0.3 is 9.84 Å². The molecule has 2 rings (SSSR count). The number of aromatic hydroxyl groups is 1. The molecule has 26 heavy (non-hydrogen) atoms. The van der Waals surface area contributed by atoms with E-state index < -0.39 is 5.56 Å². The Hall–Kier alpha value is -3.07. The molecule has 6 heteroatoms. The van der Waals surface area contributed by atoms with Gasteiger partial charge in [0.1, 0.15) is 23.1 Å². The normalized spacial score (nSPS) is 12.1. The topological polar surface area (TPSA) is 87.6 Å². The first-order valence-electron chi connectivity index (χ1n) is 8.60. The van der Waals surface area contributed by atoms with Crippen LogP contribution in [-0.4, -0.2) is 22.5 Å². The highest BCUT2D eigenvalue weighted by Crippen LogP contribution is 2.29. The molecule has 0 spiro atoms. The third-order valence-electron chi connectivity index (χ3n) is 4.32. The van der Waals surface area contributed by atoms with E-state index in [4.69, 9.17) is 4.74 Å². The molecule has 1 atom stereocenters. The highest BCUT2D eigenvalue weighted by molar-refractivity contribution is 5.87. The van der Waals surface area contributed by atoms with Crippen LogP contribution in [0.25, 0.3) is 0 Å². The summed E-state index contributed by atoms with van der Waals surface area (Å²) in [5.74, 6) is 0.442. The predicted octanol–water partition coefficient (Wildman–Crippen LogP) is 3.85. The molecule has 0 amide bonds. The van der Waals surface area contributed by atoms with Gasteiger partial charge in [-0.25, -0.2) is 0 Å². The Kier molecular flexibility index (Phi) is 6.18. The first kappa shape index (κ1) is 19.3. The maximum Gasteiger partial charge on any atom is 0.271 e. The monoisotopic (exact) mass is 353 g/mol. The van der Waals surface area contributed by atoms with Gasteiger partial charge in [-0.15, -0.1) is 0 Å². The van der Waals surface area contributed by atoms with E-state index in [0.29, 0.717) is 35.6 Å². The number of nitrogens with zero attached hydrogens (tertiary/aromatic N) is 3. The largest absolute Gasteiger partial charge is 0.494 e. The zero-order chi connectivity index (χ0) is 19.3. The molecule has 1 unspecified atom stereocenters. The Bertz CT molecular complexity index is 923. The highest BCUT2D eigenvalue weighted by Gasteiger charge is 2.20. The van der Waals surface area contributed by atoms with Gasteiger partial charge in [0.2, 0.25) is 5.88 Å². The molecule has 0 aliphatic carbocycles. The lowest BCUT2D eigenvalue weighted by molar-refractivity contribution is 0.341. The second kappa shape index (κ2) is 8.34. The fraction of sp³-hybridized carbons (Fsp3) is 0.350. The van der Waals surface area contributed by atoms with Crippen molar-refractivity contribution in [3.63, 3.8) is 0 Å². The Balaban J connectivity index is 2.64. The van der Waals surface area contributed by atoms with Gasteiger partial charge in [-0.2, -0.15) is 5.26 Å². The van der Waals surface area contributed by atoms with Crippen molar-refractivity contribution in [3.8, 4) is 17.7 Å². The maximum absolute atomic E-state index is 12.5. The molecule has 0 fully saturated rings. The van der Waals surface area contributed by atoms with E-state index in [2.05, 4.69) is 4.99 Å². The second-order valence-electron chi connectivity index (χ2n) is 5.94. The summed E-state index contributed by atoms with van der Waals surface area (Å²) in [6, 6.07) is 9.00. The highest BCUT2D eigenvalue weighted by atomic mass is 16.5. The summed E-state index contributed by atoms with van der Waals surface area (Å²) >= 11 is 0. The molecule has 0 saturated carbocycles. The van der Waals surface area contributed by atoms with Gasteiger partial charge in [0, 0.05) is 12.3 Å². The summed E-state index contributed by atoms with van der Waals surface area (Å²) in [4.78, 5) is 16.9. The quantitative estimate of drug-likeness (QED) is 0.799. The fourth-order valence-electron chi connectivity index (χ4n) is 2.66. The second-order valence-corrected chi connectivity index (χ2v) is 5.94. The summed E-state index contributed by atoms with van der Waals surface area (Å²) in [6.07, 6.45) is 2.12. The lowest BCUT2D eigenvalue weighted by Crippen LogP contribution is -2.27. The SMILES string of the molecule is CCOc1ccccc1N=Cc1c(C)c(C#N)c(=O)n(C(C)CC)c1O. The van der Waals surface area contributed by atoms with Crippen LogP contribution in [0.15, 0.2) is 34.1 Å². The maximum atomic E-state index is 12.5. The minimum absolute atomic E-state index is 0.0163. The molecule has 1 heterocycles. The Morgan fingerprint density at radius 1 is 1.38 bits per heavy atom. The standard InChI is InChI=1S/C20H23N3O3/c1-5-13(3)23-19(24)15(11-21)14(4)16(20(23)25)12-22-17-9-7-8-10-18(17)26-6-2/h7-10,12-13,25H,5-6H2,1-4H3. The molecule has 0 bridgehead atoms. The van der Waals surface area contributed by atoms with E-state index in [1.807, 2.05) is 45.0 Å². The lowest BCUT2D eigenvalue weighted by atomic mass is 10.0. The van der Waals surface area contributed by atoms with Crippen molar-refractivity contribution in [1.29, 1.82) is 5.26 Å². The van der Waals surface area contributed by atoms with Crippen LogP contribution in [0.3, 0.4) is 0 Å². The van der Waals surface area contributed by atoms with Crippen LogP contribution in [0.2, 0.25) is 0 Å². The number of hydrogen-bond donors (Lipinski definition) is 1. The van der Waals surface area contributed by atoms with Crippen LogP contribution in [0.5, 0.6) is 11.6 Å². The summed E-state index contributed by atoms with van der Waals surface area (Å²) in [5.41, 5.74) is 0.902. The number of pyridine rings is 1. The van der Waals surface area contributed by atoms with Gasteiger partial charge in [0.25, 0.3) is 5.56 Å². The predicted molar refractivity (Wildman–Crippen MR) is 102 cm³/mol. The molecule has 6 nitrogen and oxygen atoms in total. The average molecular weight is 353 g/mol. The van der Waals surface area contributed by atoms with Crippen molar-refractivity contribution < 1.29 is 9.84 Å². The van der Waals surface area contributed by atoms with E-state index in [0.717, 1.165) is 0 Å². The zero-order valence-corrected chi connectivity index (χ0v) is 15.5. The average Bonchev–Trinajstić information content (AvgIpc) is 2.63. The van der Waals surface area contributed by atoms with Crippen LogP contribution >= 0.6 is 0 Å². The van der Waals surface area contributed by atoms with Crippen molar-refractivity contribution in [2.75, 3.05) is 6.61 Å². The van der Waals surface area contributed by atoms with Crippen molar-refractivity contribution in [1.82, 2.24) is 4.57 Å². The Labute approximate surface area is 153 Å². The Morgan fingerprint density at radius 3 is 2.69 bits per heavy atom. The van der Waals surface area contributed by atoms with Crippen molar-refractivity contribution in [2.45, 2.75) is 40.2 Å². The number of para-hydroxylation sites is 2. The van der Waals surface area contributed by atoms with Gasteiger partial charge in [-0.1, -0.05) is 19.1 Å². The minimum atomic E-state index is -0.483. The molecule has 2 aromatic rings. The van der Waals surface area contributed by atoms with Gasteiger partial charge in [0.05, 0.1) is 12.2 Å². The third-order valence-corrected chi connectivity index (χ3v) is 4.32. The van der Waals surface area contributed by atoms with Gasteiger partial charge in [-0.05, 0) is 44.9 Å². The van der Waals surface area contributed by atoms with E-state index in [1.165, 1.54) is 10.8 Å². The molecule has 1 aromatic carbocycles. The summed E-state index contributed by atoms with van der Waals surface area (Å²) < 4.78 is 6.80. The molecule has 0 aliphatic rings. The van der Waals surface area contributed by atoms with Crippen molar-refractivity contribution in [2.24, 2.45) is 4.99 Å². The van der Waals surface area contributed by atoms with Gasteiger partial charge >= 0.3 is 0 Å². The van der Waals surface area contributed by atoms with E-state index >= 15 is 0 Å².